The van der Waals surface area contributed by atoms with Crippen LogP contribution in [0.4, 0.5) is 14.5 Å². The maximum Gasteiger partial charge on any atom is 0.241 e. The zero-order chi connectivity index (χ0) is 13.8. The summed E-state index contributed by atoms with van der Waals surface area (Å²) in [6, 6.07) is 2.96. The Bertz CT molecular complexity index is 462. The van der Waals surface area contributed by atoms with Gasteiger partial charge in [0.2, 0.25) is 5.91 Å². The fourth-order valence-corrected chi connectivity index (χ4v) is 1.95. The van der Waals surface area contributed by atoms with Crippen molar-refractivity contribution in [3.05, 3.63) is 29.8 Å². The van der Waals surface area contributed by atoms with E-state index in [-0.39, 0.29) is 17.6 Å². The predicted molar refractivity (Wildman–Crippen MR) is 66.8 cm³/mol. The Morgan fingerprint density at radius 2 is 2.00 bits per heavy atom. The quantitative estimate of drug-likeness (QED) is 0.907. The lowest BCUT2D eigenvalue weighted by Gasteiger charge is -2.31. The Kier molecular flexibility index (Phi) is 4.44. The molecule has 1 amide bonds. The fraction of sp³-hybridized carbons (Fsp3) is 0.462. The molecule has 1 heterocycles. The lowest BCUT2D eigenvalue weighted by molar-refractivity contribution is -0.122. The first-order valence-electron chi connectivity index (χ1n) is 6.15. The third-order valence-corrected chi connectivity index (χ3v) is 3.16. The third kappa shape index (κ3) is 3.48. The number of hydrogen-bond donors (Lipinski definition) is 1. The summed E-state index contributed by atoms with van der Waals surface area (Å²) in [5, 5.41) is 2.58. The molecule has 1 saturated heterocycles. The summed E-state index contributed by atoms with van der Waals surface area (Å²) < 4.78 is 31.0. The molecule has 1 aromatic rings. The zero-order valence-electron chi connectivity index (χ0n) is 10.7. The molecule has 1 N–H and O–H groups in total. The second kappa shape index (κ2) is 6.08. The standard InChI is InChI=1S/C13H16F2N2O2/c1-9(17-4-6-19-7-5-17)13(18)16-10-2-3-11(14)12(15)8-10/h2-3,8-9H,4-7H2,1H3,(H,16,18). The normalized spacial score (nSPS) is 18.1. The van der Waals surface area contributed by atoms with Crippen molar-refractivity contribution < 1.29 is 18.3 Å². The Morgan fingerprint density at radius 3 is 2.63 bits per heavy atom. The van der Waals surface area contributed by atoms with Crippen LogP contribution >= 0.6 is 0 Å². The Morgan fingerprint density at radius 1 is 1.32 bits per heavy atom. The number of morpholine rings is 1. The van der Waals surface area contributed by atoms with Gasteiger partial charge in [0, 0.05) is 24.8 Å². The van der Waals surface area contributed by atoms with Gasteiger partial charge in [-0.15, -0.1) is 0 Å². The molecule has 104 valence electrons. The molecule has 0 aromatic heterocycles. The predicted octanol–water partition coefficient (Wildman–Crippen LogP) is 1.62. The zero-order valence-corrected chi connectivity index (χ0v) is 10.7. The van der Waals surface area contributed by atoms with Crippen LogP contribution in [0.2, 0.25) is 0 Å². The minimum atomic E-state index is -0.975. The van der Waals surface area contributed by atoms with E-state index in [0.717, 1.165) is 12.1 Å². The number of hydrogen-bond acceptors (Lipinski definition) is 3. The van der Waals surface area contributed by atoms with Crippen molar-refractivity contribution in [2.45, 2.75) is 13.0 Å². The van der Waals surface area contributed by atoms with Crippen molar-refractivity contribution in [2.75, 3.05) is 31.6 Å². The van der Waals surface area contributed by atoms with Crippen LogP contribution in [0.25, 0.3) is 0 Å². The summed E-state index contributed by atoms with van der Waals surface area (Å²) in [7, 11) is 0. The van der Waals surface area contributed by atoms with Gasteiger partial charge in [-0.2, -0.15) is 0 Å². The highest BCUT2D eigenvalue weighted by Gasteiger charge is 2.23. The number of benzene rings is 1. The molecule has 1 aromatic carbocycles. The van der Waals surface area contributed by atoms with Crippen LogP contribution in [0.3, 0.4) is 0 Å². The molecule has 0 aliphatic carbocycles. The van der Waals surface area contributed by atoms with E-state index in [4.69, 9.17) is 4.74 Å². The van der Waals surface area contributed by atoms with Gasteiger partial charge in [-0.1, -0.05) is 0 Å². The third-order valence-electron chi connectivity index (χ3n) is 3.16. The van der Waals surface area contributed by atoms with Crippen molar-refractivity contribution in [1.82, 2.24) is 4.90 Å². The highest BCUT2D eigenvalue weighted by molar-refractivity contribution is 5.94. The van der Waals surface area contributed by atoms with Crippen molar-refractivity contribution in [3.8, 4) is 0 Å². The van der Waals surface area contributed by atoms with Gasteiger partial charge in [0.1, 0.15) is 0 Å². The second-order valence-corrected chi connectivity index (χ2v) is 4.44. The number of carbonyl (C=O) groups excluding carboxylic acids is 1. The van der Waals surface area contributed by atoms with Gasteiger partial charge in [0.05, 0.1) is 19.3 Å². The minimum absolute atomic E-state index is 0.243. The lowest BCUT2D eigenvalue weighted by atomic mass is 10.2. The second-order valence-electron chi connectivity index (χ2n) is 4.44. The van der Waals surface area contributed by atoms with Crippen LogP contribution < -0.4 is 5.32 Å². The largest absolute Gasteiger partial charge is 0.379 e. The van der Waals surface area contributed by atoms with Crippen molar-refractivity contribution >= 4 is 11.6 Å². The molecular weight excluding hydrogens is 254 g/mol. The molecule has 6 heteroatoms. The van der Waals surface area contributed by atoms with Crippen LogP contribution in [-0.4, -0.2) is 43.2 Å². The van der Waals surface area contributed by atoms with Crippen LogP contribution in [0.1, 0.15) is 6.92 Å². The molecule has 0 spiro atoms. The first-order valence-corrected chi connectivity index (χ1v) is 6.15. The van der Waals surface area contributed by atoms with E-state index in [9.17, 15) is 13.6 Å². The summed E-state index contributed by atoms with van der Waals surface area (Å²) in [4.78, 5) is 14.0. The number of anilines is 1. The van der Waals surface area contributed by atoms with E-state index in [2.05, 4.69) is 5.32 Å². The van der Waals surface area contributed by atoms with E-state index in [0.29, 0.717) is 26.3 Å². The minimum Gasteiger partial charge on any atom is -0.379 e. The number of nitrogens with one attached hydrogen (secondary N) is 1. The highest BCUT2D eigenvalue weighted by Crippen LogP contribution is 2.14. The summed E-state index contributed by atoms with van der Waals surface area (Å²) >= 11 is 0. The van der Waals surface area contributed by atoms with Crippen LogP contribution in [0.15, 0.2) is 18.2 Å². The highest BCUT2D eigenvalue weighted by atomic mass is 19.2. The summed E-state index contributed by atoms with van der Waals surface area (Å²) in [6.07, 6.45) is 0. The molecule has 1 fully saturated rings. The van der Waals surface area contributed by atoms with Crippen molar-refractivity contribution in [2.24, 2.45) is 0 Å². The number of halogens is 2. The van der Waals surface area contributed by atoms with E-state index < -0.39 is 11.6 Å². The molecule has 1 aliphatic heterocycles. The molecule has 4 nitrogen and oxygen atoms in total. The number of rotatable bonds is 3. The van der Waals surface area contributed by atoms with Gasteiger partial charge in [0.25, 0.3) is 0 Å². The summed E-state index contributed by atoms with van der Waals surface area (Å²) in [5.41, 5.74) is 0.254. The summed E-state index contributed by atoms with van der Waals surface area (Å²) in [6.45, 7) is 4.35. The van der Waals surface area contributed by atoms with Crippen LogP contribution in [0, 0.1) is 11.6 Å². The van der Waals surface area contributed by atoms with Crippen LogP contribution in [0.5, 0.6) is 0 Å². The number of carbonyl (C=O) groups is 1. The fourth-order valence-electron chi connectivity index (χ4n) is 1.95. The van der Waals surface area contributed by atoms with E-state index >= 15 is 0 Å². The molecule has 1 unspecified atom stereocenters. The number of nitrogens with zero attached hydrogens (tertiary/aromatic N) is 1. The van der Waals surface area contributed by atoms with Gasteiger partial charge in [-0.3, -0.25) is 9.69 Å². The summed E-state index contributed by atoms with van der Waals surface area (Å²) in [5.74, 6) is -2.15. The molecular formula is C13H16F2N2O2. The SMILES string of the molecule is CC(C(=O)Nc1ccc(F)c(F)c1)N1CCOCC1. The topological polar surface area (TPSA) is 41.6 Å². The molecule has 0 bridgehead atoms. The number of amides is 1. The van der Waals surface area contributed by atoms with E-state index in [1.54, 1.807) is 6.92 Å². The van der Waals surface area contributed by atoms with Crippen molar-refractivity contribution in [3.63, 3.8) is 0 Å². The first kappa shape index (κ1) is 13.9. The van der Waals surface area contributed by atoms with Gasteiger partial charge >= 0.3 is 0 Å². The Labute approximate surface area is 110 Å². The van der Waals surface area contributed by atoms with Gasteiger partial charge in [-0.25, -0.2) is 8.78 Å². The van der Waals surface area contributed by atoms with Gasteiger partial charge in [-0.05, 0) is 19.1 Å². The monoisotopic (exact) mass is 270 g/mol. The van der Waals surface area contributed by atoms with Crippen molar-refractivity contribution in [1.29, 1.82) is 0 Å². The molecule has 2 rings (SSSR count). The Balaban J connectivity index is 1.97. The molecule has 0 saturated carbocycles. The van der Waals surface area contributed by atoms with Gasteiger partial charge < -0.3 is 10.1 Å². The Hall–Kier alpha value is -1.53. The lowest BCUT2D eigenvalue weighted by Crippen LogP contribution is -2.47. The van der Waals surface area contributed by atoms with E-state index in [1.807, 2.05) is 4.90 Å². The molecule has 1 atom stereocenters. The maximum atomic E-state index is 13.0. The average Bonchev–Trinajstić information content (AvgIpc) is 2.43. The van der Waals surface area contributed by atoms with Gasteiger partial charge in [0.15, 0.2) is 11.6 Å². The van der Waals surface area contributed by atoms with Crippen LogP contribution in [-0.2, 0) is 9.53 Å². The number of ether oxygens (including phenoxy) is 1. The van der Waals surface area contributed by atoms with E-state index in [1.165, 1.54) is 6.07 Å². The first-order chi connectivity index (χ1) is 9.08. The maximum absolute atomic E-state index is 13.0. The average molecular weight is 270 g/mol. The molecule has 1 aliphatic rings. The molecule has 19 heavy (non-hydrogen) atoms. The molecule has 0 radical (unpaired) electrons. The smallest absolute Gasteiger partial charge is 0.241 e.